The number of carbonyl (C=O) groups is 2. The summed E-state index contributed by atoms with van der Waals surface area (Å²) in [7, 11) is -3.23. The SMILES string of the molecule is CS(=O)(=O)c1ccc(OCCCC(=O)N2C[C@H](C(=O)O)[C@@H](C3CC3)C2)cc1. The Labute approximate surface area is 159 Å². The highest BCUT2D eigenvalue weighted by atomic mass is 32.2. The van der Waals surface area contributed by atoms with Crippen molar-refractivity contribution in [1.29, 1.82) is 0 Å². The maximum absolute atomic E-state index is 12.4. The van der Waals surface area contributed by atoms with Crippen LogP contribution in [0.1, 0.15) is 25.7 Å². The third-order valence-corrected chi connectivity index (χ3v) is 6.45. The Kier molecular flexibility index (Phi) is 5.74. The van der Waals surface area contributed by atoms with E-state index in [1.165, 1.54) is 12.1 Å². The average molecular weight is 395 g/mol. The zero-order valence-corrected chi connectivity index (χ0v) is 16.2. The summed E-state index contributed by atoms with van der Waals surface area (Å²) in [5, 5.41) is 9.37. The highest BCUT2D eigenvalue weighted by Crippen LogP contribution is 2.44. The molecule has 2 fully saturated rings. The van der Waals surface area contributed by atoms with Crippen LogP contribution >= 0.6 is 0 Å². The van der Waals surface area contributed by atoms with Crippen LogP contribution in [0.15, 0.2) is 29.2 Å². The van der Waals surface area contributed by atoms with Gasteiger partial charge >= 0.3 is 5.97 Å². The number of hydrogen-bond acceptors (Lipinski definition) is 5. The monoisotopic (exact) mass is 395 g/mol. The molecule has 7 nitrogen and oxygen atoms in total. The lowest BCUT2D eigenvalue weighted by molar-refractivity contribution is -0.142. The van der Waals surface area contributed by atoms with E-state index < -0.39 is 21.7 Å². The maximum atomic E-state index is 12.4. The van der Waals surface area contributed by atoms with E-state index in [2.05, 4.69) is 0 Å². The van der Waals surface area contributed by atoms with Crippen LogP contribution in [0, 0.1) is 17.8 Å². The van der Waals surface area contributed by atoms with Gasteiger partial charge in [-0.15, -0.1) is 0 Å². The second-order valence-electron chi connectivity index (χ2n) is 7.44. The number of sulfone groups is 1. The minimum atomic E-state index is -3.23. The van der Waals surface area contributed by atoms with Gasteiger partial charge in [-0.25, -0.2) is 8.42 Å². The van der Waals surface area contributed by atoms with Gasteiger partial charge in [-0.1, -0.05) is 0 Å². The quantitative estimate of drug-likeness (QED) is 0.674. The molecule has 1 aliphatic carbocycles. The second kappa shape index (κ2) is 7.88. The van der Waals surface area contributed by atoms with E-state index in [-0.39, 0.29) is 16.7 Å². The van der Waals surface area contributed by atoms with Crippen molar-refractivity contribution >= 4 is 21.7 Å². The highest BCUT2D eigenvalue weighted by Gasteiger charge is 2.46. The van der Waals surface area contributed by atoms with Crippen LogP contribution in [0.5, 0.6) is 5.75 Å². The van der Waals surface area contributed by atoms with Gasteiger partial charge in [0.25, 0.3) is 0 Å². The van der Waals surface area contributed by atoms with Crippen LogP contribution in [0.3, 0.4) is 0 Å². The molecule has 8 heteroatoms. The Morgan fingerprint density at radius 2 is 1.85 bits per heavy atom. The fraction of sp³-hybridized carbons (Fsp3) is 0.579. The summed E-state index contributed by atoms with van der Waals surface area (Å²) >= 11 is 0. The van der Waals surface area contributed by atoms with Crippen LogP contribution in [0.25, 0.3) is 0 Å². The first kappa shape index (κ1) is 19.7. The Balaban J connectivity index is 1.43. The predicted molar refractivity (Wildman–Crippen MR) is 98.2 cm³/mol. The molecule has 3 rings (SSSR count). The minimum Gasteiger partial charge on any atom is -0.494 e. The molecule has 27 heavy (non-hydrogen) atoms. The number of likely N-dealkylation sites (tertiary alicyclic amines) is 1. The predicted octanol–water partition coefficient (Wildman–Crippen LogP) is 1.82. The molecule has 1 aromatic rings. The van der Waals surface area contributed by atoms with Crippen molar-refractivity contribution in [2.75, 3.05) is 26.0 Å². The Morgan fingerprint density at radius 3 is 2.41 bits per heavy atom. The summed E-state index contributed by atoms with van der Waals surface area (Å²) in [6.45, 7) is 1.20. The second-order valence-corrected chi connectivity index (χ2v) is 9.46. The number of aliphatic carboxylic acids is 1. The number of carboxylic acids is 1. The van der Waals surface area contributed by atoms with Gasteiger partial charge in [0, 0.05) is 25.8 Å². The number of benzene rings is 1. The van der Waals surface area contributed by atoms with E-state index in [9.17, 15) is 23.1 Å². The number of carbonyl (C=O) groups excluding carboxylic acids is 1. The summed E-state index contributed by atoms with van der Waals surface area (Å²) in [6.07, 6.45) is 4.13. The highest BCUT2D eigenvalue weighted by molar-refractivity contribution is 7.90. The van der Waals surface area contributed by atoms with E-state index in [4.69, 9.17) is 4.74 Å². The van der Waals surface area contributed by atoms with Crippen molar-refractivity contribution in [3.05, 3.63) is 24.3 Å². The molecule has 2 atom stereocenters. The van der Waals surface area contributed by atoms with Crippen molar-refractivity contribution in [3.63, 3.8) is 0 Å². The first-order valence-electron chi connectivity index (χ1n) is 9.19. The number of carboxylic acid groups (broad SMARTS) is 1. The van der Waals surface area contributed by atoms with Gasteiger partial charge in [0.1, 0.15) is 5.75 Å². The number of amides is 1. The van der Waals surface area contributed by atoms with Crippen molar-refractivity contribution in [3.8, 4) is 5.75 Å². The molecule has 1 heterocycles. The third-order valence-electron chi connectivity index (χ3n) is 5.32. The lowest BCUT2D eigenvalue weighted by atomic mass is 9.92. The maximum Gasteiger partial charge on any atom is 0.308 e. The van der Waals surface area contributed by atoms with Gasteiger partial charge in [0.2, 0.25) is 5.91 Å². The number of ether oxygens (including phenoxy) is 1. The summed E-state index contributed by atoms with van der Waals surface area (Å²) < 4.78 is 28.4. The fourth-order valence-corrected chi connectivity index (χ4v) is 4.28. The first-order chi connectivity index (χ1) is 12.8. The molecule has 1 aromatic carbocycles. The van der Waals surface area contributed by atoms with Crippen molar-refractivity contribution in [2.45, 2.75) is 30.6 Å². The fourth-order valence-electron chi connectivity index (χ4n) is 3.65. The molecule has 0 spiro atoms. The van der Waals surface area contributed by atoms with Gasteiger partial charge in [-0.2, -0.15) is 0 Å². The zero-order valence-electron chi connectivity index (χ0n) is 15.3. The standard InChI is InChI=1S/C19H25NO6S/c1-27(24,25)15-8-6-14(7-9-15)26-10-2-3-18(21)20-11-16(13-4-5-13)17(12-20)19(22)23/h6-9,13,16-17H,2-5,10-12H2,1H3,(H,22,23)/t16-,17+/m1/s1. The zero-order chi connectivity index (χ0) is 19.6. The van der Waals surface area contributed by atoms with E-state index in [0.29, 0.717) is 44.2 Å². The Morgan fingerprint density at radius 1 is 1.19 bits per heavy atom. The molecule has 2 aliphatic rings. The van der Waals surface area contributed by atoms with E-state index in [1.807, 2.05) is 0 Å². The largest absolute Gasteiger partial charge is 0.494 e. The lowest BCUT2D eigenvalue weighted by Crippen LogP contribution is -2.30. The molecular weight excluding hydrogens is 370 g/mol. The van der Waals surface area contributed by atoms with E-state index in [0.717, 1.165) is 19.1 Å². The molecule has 1 amide bonds. The minimum absolute atomic E-state index is 0.0274. The molecule has 148 valence electrons. The Bertz CT molecular complexity index is 800. The summed E-state index contributed by atoms with van der Waals surface area (Å²) in [5.41, 5.74) is 0. The van der Waals surface area contributed by atoms with Gasteiger partial charge in [-0.05, 0) is 55.4 Å². The van der Waals surface area contributed by atoms with E-state index in [1.54, 1.807) is 17.0 Å². The molecule has 1 saturated carbocycles. The molecule has 1 saturated heterocycles. The van der Waals surface area contributed by atoms with Crippen LogP contribution in [0.2, 0.25) is 0 Å². The molecule has 0 radical (unpaired) electrons. The molecule has 0 aromatic heterocycles. The van der Waals surface area contributed by atoms with Gasteiger partial charge < -0.3 is 14.7 Å². The van der Waals surface area contributed by atoms with Crippen molar-refractivity contribution in [2.24, 2.45) is 17.8 Å². The first-order valence-corrected chi connectivity index (χ1v) is 11.1. The van der Waals surface area contributed by atoms with Crippen LogP contribution in [0.4, 0.5) is 0 Å². The normalized spacial score (nSPS) is 22.6. The molecule has 1 N–H and O–H groups in total. The average Bonchev–Trinajstić information content (AvgIpc) is 3.36. The summed E-state index contributed by atoms with van der Waals surface area (Å²) in [5.74, 6) is -0.163. The smallest absolute Gasteiger partial charge is 0.308 e. The molecular formula is C19H25NO6S. The van der Waals surface area contributed by atoms with Crippen LogP contribution < -0.4 is 4.74 Å². The molecule has 1 aliphatic heterocycles. The number of nitrogens with zero attached hydrogens (tertiary/aromatic N) is 1. The van der Waals surface area contributed by atoms with Crippen LogP contribution in [-0.2, 0) is 19.4 Å². The lowest BCUT2D eigenvalue weighted by Gasteiger charge is -2.16. The van der Waals surface area contributed by atoms with Crippen molar-refractivity contribution in [1.82, 2.24) is 4.90 Å². The van der Waals surface area contributed by atoms with E-state index >= 15 is 0 Å². The third kappa shape index (κ3) is 5.00. The molecule has 0 bridgehead atoms. The number of rotatable bonds is 8. The summed E-state index contributed by atoms with van der Waals surface area (Å²) in [6, 6.07) is 6.17. The van der Waals surface area contributed by atoms with Gasteiger partial charge in [-0.3, -0.25) is 9.59 Å². The van der Waals surface area contributed by atoms with Gasteiger partial charge in [0.05, 0.1) is 17.4 Å². The molecule has 0 unspecified atom stereocenters. The van der Waals surface area contributed by atoms with Crippen molar-refractivity contribution < 1.29 is 27.9 Å². The topological polar surface area (TPSA) is 101 Å². The summed E-state index contributed by atoms with van der Waals surface area (Å²) in [4.78, 5) is 25.7. The Hall–Kier alpha value is -2.09. The number of hydrogen-bond donors (Lipinski definition) is 1. The van der Waals surface area contributed by atoms with Gasteiger partial charge in [0.15, 0.2) is 9.84 Å². The van der Waals surface area contributed by atoms with Crippen LogP contribution in [-0.4, -0.2) is 56.3 Å².